The van der Waals surface area contributed by atoms with Gasteiger partial charge >= 0.3 is 0 Å². The summed E-state index contributed by atoms with van der Waals surface area (Å²) in [6.07, 6.45) is 2.64. The molecular formula is C12H21ClN2S. The summed E-state index contributed by atoms with van der Waals surface area (Å²) in [7, 11) is 2.25. The standard InChI is InChI=1S/C12H20N2S.ClH/c1-10(12-6-4-8-15-12)14(2)11-5-3-7-13-9-11;/h4,6,8,10-11,13H,3,5,7,9H2,1-2H3;1H/t10?,11-;/m0./s1. The molecule has 16 heavy (non-hydrogen) atoms. The molecule has 2 atom stereocenters. The largest absolute Gasteiger partial charge is 0.315 e. The third-order valence-electron chi connectivity index (χ3n) is 3.41. The fourth-order valence-corrected chi connectivity index (χ4v) is 3.06. The van der Waals surface area contributed by atoms with Crippen molar-refractivity contribution in [3.63, 3.8) is 0 Å². The first-order valence-electron chi connectivity index (χ1n) is 5.75. The quantitative estimate of drug-likeness (QED) is 0.899. The number of likely N-dealkylation sites (N-methyl/N-ethyl adjacent to an activating group) is 1. The molecule has 1 aliphatic heterocycles. The Hall–Kier alpha value is -0.0900. The van der Waals surface area contributed by atoms with E-state index in [9.17, 15) is 0 Å². The Bertz CT molecular complexity index is 283. The molecule has 0 bridgehead atoms. The molecule has 0 aliphatic carbocycles. The van der Waals surface area contributed by atoms with Crippen molar-refractivity contribution in [1.82, 2.24) is 10.2 Å². The van der Waals surface area contributed by atoms with Gasteiger partial charge in [-0.15, -0.1) is 23.7 Å². The molecule has 2 heterocycles. The van der Waals surface area contributed by atoms with E-state index in [4.69, 9.17) is 0 Å². The summed E-state index contributed by atoms with van der Waals surface area (Å²) in [6.45, 7) is 4.64. The SMILES string of the molecule is CC(c1cccs1)N(C)[C@H]1CCCNC1.Cl. The maximum atomic E-state index is 3.48. The van der Waals surface area contributed by atoms with Crippen LogP contribution in [0.4, 0.5) is 0 Å². The van der Waals surface area contributed by atoms with Gasteiger partial charge in [-0.2, -0.15) is 0 Å². The molecule has 1 N–H and O–H groups in total. The van der Waals surface area contributed by atoms with Gasteiger partial charge in [-0.1, -0.05) is 6.07 Å². The van der Waals surface area contributed by atoms with Gasteiger partial charge in [0.1, 0.15) is 0 Å². The van der Waals surface area contributed by atoms with Crippen molar-refractivity contribution in [3.8, 4) is 0 Å². The molecule has 4 heteroatoms. The summed E-state index contributed by atoms with van der Waals surface area (Å²) in [5.41, 5.74) is 0. The summed E-state index contributed by atoms with van der Waals surface area (Å²) in [4.78, 5) is 3.99. The highest BCUT2D eigenvalue weighted by molar-refractivity contribution is 7.10. The lowest BCUT2D eigenvalue weighted by atomic mass is 10.0. The summed E-state index contributed by atoms with van der Waals surface area (Å²) in [5.74, 6) is 0. The highest BCUT2D eigenvalue weighted by Crippen LogP contribution is 2.26. The maximum absolute atomic E-state index is 3.48. The number of hydrogen-bond acceptors (Lipinski definition) is 3. The third kappa shape index (κ3) is 3.20. The smallest absolute Gasteiger partial charge is 0.0413 e. The predicted octanol–water partition coefficient (Wildman–Crippen LogP) is 2.91. The van der Waals surface area contributed by atoms with Gasteiger partial charge < -0.3 is 5.32 Å². The van der Waals surface area contributed by atoms with Gasteiger partial charge in [-0.05, 0) is 44.8 Å². The Balaban J connectivity index is 0.00000128. The van der Waals surface area contributed by atoms with E-state index in [1.54, 1.807) is 0 Å². The molecule has 1 aromatic rings. The average Bonchev–Trinajstić information content (AvgIpc) is 2.82. The van der Waals surface area contributed by atoms with Crippen LogP contribution in [0.25, 0.3) is 0 Å². The van der Waals surface area contributed by atoms with E-state index in [0.29, 0.717) is 12.1 Å². The van der Waals surface area contributed by atoms with Crippen molar-refractivity contribution in [1.29, 1.82) is 0 Å². The summed E-state index contributed by atoms with van der Waals surface area (Å²) in [5, 5.41) is 5.64. The van der Waals surface area contributed by atoms with Crippen molar-refractivity contribution >= 4 is 23.7 Å². The zero-order valence-electron chi connectivity index (χ0n) is 9.98. The molecule has 0 radical (unpaired) electrons. The van der Waals surface area contributed by atoms with Gasteiger partial charge in [0.2, 0.25) is 0 Å². The van der Waals surface area contributed by atoms with Gasteiger partial charge in [0, 0.05) is 23.5 Å². The van der Waals surface area contributed by atoms with E-state index in [1.165, 1.54) is 24.3 Å². The minimum Gasteiger partial charge on any atom is -0.315 e. The number of piperidine rings is 1. The fraction of sp³-hybridized carbons (Fsp3) is 0.667. The van der Waals surface area contributed by atoms with Crippen LogP contribution in [0.3, 0.4) is 0 Å². The first kappa shape index (κ1) is 14.0. The van der Waals surface area contributed by atoms with E-state index in [-0.39, 0.29) is 12.4 Å². The van der Waals surface area contributed by atoms with Crippen molar-refractivity contribution in [2.24, 2.45) is 0 Å². The Kier molecular flexibility index (Phi) is 5.76. The fourth-order valence-electron chi connectivity index (χ4n) is 2.23. The van der Waals surface area contributed by atoms with Crippen molar-refractivity contribution in [3.05, 3.63) is 22.4 Å². The minimum atomic E-state index is 0. The lowest BCUT2D eigenvalue weighted by molar-refractivity contribution is 0.158. The van der Waals surface area contributed by atoms with Crippen molar-refractivity contribution < 1.29 is 0 Å². The third-order valence-corrected chi connectivity index (χ3v) is 4.46. The van der Waals surface area contributed by atoms with Crippen LogP contribution in [0.15, 0.2) is 17.5 Å². The van der Waals surface area contributed by atoms with Crippen LogP contribution in [0.5, 0.6) is 0 Å². The second kappa shape index (κ2) is 6.60. The van der Waals surface area contributed by atoms with Gasteiger partial charge in [0.25, 0.3) is 0 Å². The zero-order chi connectivity index (χ0) is 10.7. The Morgan fingerprint density at radius 1 is 1.56 bits per heavy atom. The molecule has 2 rings (SSSR count). The highest BCUT2D eigenvalue weighted by Gasteiger charge is 2.22. The lowest BCUT2D eigenvalue weighted by Gasteiger charge is -2.35. The predicted molar refractivity (Wildman–Crippen MR) is 73.6 cm³/mol. The van der Waals surface area contributed by atoms with Gasteiger partial charge in [-0.3, -0.25) is 4.90 Å². The normalized spacial score (nSPS) is 22.8. The van der Waals surface area contributed by atoms with E-state index in [2.05, 4.69) is 41.7 Å². The van der Waals surface area contributed by atoms with Gasteiger partial charge in [-0.25, -0.2) is 0 Å². The molecule has 1 aliphatic rings. The molecule has 1 unspecified atom stereocenters. The minimum absolute atomic E-state index is 0. The van der Waals surface area contributed by atoms with Crippen LogP contribution in [-0.2, 0) is 0 Å². The Morgan fingerprint density at radius 2 is 2.38 bits per heavy atom. The van der Waals surface area contributed by atoms with Crippen LogP contribution in [0.1, 0.15) is 30.7 Å². The molecular weight excluding hydrogens is 240 g/mol. The number of nitrogens with one attached hydrogen (secondary N) is 1. The molecule has 0 amide bonds. The molecule has 92 valence electrons. The van der Waals surface area contributed by atoms with E-state index >= 15 is 0 Å². The van der Waals surface area contributed by atoms with Crippen LogP contribution in [-0.4, -0.2) is 31.1 Å². The highest BCUT2D eigenvalue weighted by atomic mass is 35.5. The molecule has 1 saturated heterocycles. The van der Waals surface area contributed by atoms with E-state index < -0.39 is 0 Å². The molecule has 0 saturated carbocycles. The lowest BCUT2D eigenvalue weighted by Crippen LogP contribution is -2.44. The molecule has 1 fully saturated rings. The van der Waals surface area contributed by atoms with E-state index in [1.807, 2.05) is 11.3 Å². The number of nitrogens with zero attached hydrogens (tertiary/aromatic N) is 1. The summed E-state index contributed by atoms with van der Waals surface area (Å²) in [6, 6.07) is 5.64. The zero-order valence-corrected chi connectivity index (χ0v) is 11.6. The second-order valence-electron chi connectivity index (χ2n) is 4.36. The molecule has 0 aromatic carbocycles. The van der Waals surface area contributed by atoms with Crippen molar-refractivity contribution in [2.45, 2.75) is 31.8 Å². The van der Waals surface area contributed by atoms with Crippen LogP contribution in [0.2, 0.25) is 0 Å². The second-order valence-corrected chi connectivity index (χ2v) is 5.34. The number of halogens is 1. The summed E-state index contributed by atoms with van der Waals surface area (Å²) >= 11 is 1.86. The Labute approximate surface area is 108 Å². The first-order valence-corrected chi connectivity index (χ1v) is 6.63. The van der Waals surface area contributed by atoms with Crippen molar-refractivity contribution in [2.75, 3.05) is 20.1 Å². The topological polar surface area (TPSA) is 15.3 Å². The first-order chi connectivity index (χ1) is 7.29. The van der Waals surface area contributed by atoms with E-state index in [0.717, 1.165) is 6.54 Å². The molecule has 0 spiro atoms. The summed E-state index contributed by atoms with van der Waals surface area (Å²) < 4.78 is 0. The molecule has 2 nitrogen and oxygen atoms in total. The van der Waals surface area contributed by atoms with Crippen LogP contribution >= 0.6 is 23.7 Å². The van der Waals surface area contributed by atoms with Gasteiger partial charge in [0.05, 0.1) is 0 Å². The van der Waals surface area contributed by atoms with Crippen LogP contribution < -0.4 is 5.32 Å². The number of rotatable bonds is 3. The monoisotopic (exact) mass is 260 g/mol. The average molecular weight is 261 g/mol. The van der Waals surface area contributed by atoms with Gasteiger partial charge in [0.15, 0.2) is 0 Å². The maximum Gasteiger partial charge on any atom is 0.0413 e. The molecule has 1 aromatic heterocycles. The number of hydrogen-bond donors (Lipinski definition) is 1. The van der Waals surface area contributed by atoms with Crippen LogP contribution in [0, 0.1) is 0 Å². The Morgan fingerprint density at radius 3 is 2.94 bits per heavy atom. The number of thiophene rings is 1.